The van der Waals surface area contributed by atoms with Crippen molar-refractivity contribution in [3.8, 4) is 0 Å². The number of carbonyl (C=O) groups excluding carboxylic acids is 1. The zero-order valence-corrected chi connectivity index (χ0v) is 13.9. The lowest BCUT2D eigenvalue weighted by atomic mass is 10.1. The molecule has 4 rings (SSSR count). The average Bonchev–Trinajstić information content (AvgIpc) is 3.25. The lowest BCUT2D eigenvalue weighted by Gasteiger charge is -2.15. The van der Waals surface area contributed by atoms with Crippen LogP contribution < -0.4 is 5.32 Å². The van der Waals surface area contributed by atoms with Crippen LogP contribution in [0.2, 0.25) is 0 Å². The number of anilines is 1. The van der Waals surface area contributed by atoms with Crippen molar-refractivity contribution >= 4 is 22.9 Å². The number of fused-ring (bicyclic) bond motifs is 1. The molecule has 4 atom stereocenters. The highest BCUT2D eigenvalue weighted by Gasteiger charge is 2.45. The number of alkyl halides is 1. The van der Waals surface area contributed by atoms with Crippen molar-refractivity contribution in [3.63, 3.8) is 0 Å². The molecule has 1 aliphatic rings. The fourth-order valence-electron chi connectivity index (χ4n) is 2.96. The molecule has 3 heterocycles. The molecule has 0 aliphatic carbocycles. The molecule has 27 heavy (non-hydrogen) atoms. The normalized spacial score (nSPS) is 25.0. The minimum absolute atomic E-state index is 0.155. The number of aromatic nitrogens is 4. The van der Waals surface area contributed by atoms with Gasteiger partial charge in [-0.15, -0.1) is 0 Å². The third kappa shape index (κ3) is 3.03. The van der Waals surface area contributed by atoms with E-state index in [0.717, 1.165) is 0 Å². The van der Waals surface area contributed by atoms with Crippen molar-refractivity contribution in [2.24, 2.45) is 0 Å². The molecular weight excluding hydrogens is 357 g/mol. The fourth-order valence-corrected chi connectivity index (χ4v) is 2.96. The Labute approximate surface area is 152 Å². The Morgan fingerprint density at radius 3 is 2.74 bits per heavy atom. The number of nitrogens with zero attached hydrogens (tertiary/aromatic N) is 4. The van der Waals surface area contributed by atoms with E-state index in [-0.39, 0.29) is 22.9 Å². The number of rotatable bonds is 4. The molecule has 0 spiro atoms. The second-order valence-electron chi connectivity index (χ2n) is 6.03. The van der Waals surface area contributed by atoms with E-state index in [9.17, 15) is 19.4 Å². The molecular formula is C17H15FN5O4. The van der Waals surface area contributed by atoms with E-state index in [2.05, 4.69) is 20.3 Å². The van der Waals surface area contributed by atoms with Crippen molar-refractivity contribution < 1.29 is 24.1 Å². The zero-order valence-electron chi connectivity index (χ0n) is 13.9. The first-order valence-electron chi connectivity index (χ1n) is 8.19. The second kappa shape index (κ2) is 6.99. The Morgan fingerprint density at radius 2 is 2.04 bits per heavy atom. The summed E-state index contributed by atoms with van der Waals surface area (Å²) in [6.07, 6.45) is -3.25. The van der Waals surface area contributed by atoms with Crippen LogP contribution in [0.4, 0.5) is 10.2 Å². The minimum Gasteiger partial charge on any atom is -0.387 e. The molecule has 9 nitrogen and oxygen atoms in total. The molecule has 139 valence electrons. The van der Waals surface area contributed by atoms with Gasteiger partial charge in [0, 0.05) is 5.56 Å². The summed E-state index contributed by atoms with van der Waals surface area (Å²) < 4.78 is 21.0. The van der Waals surface area contributed by atoms with Gasteiger partial charge >= 0.3 is 0 Å². The summed E-state index contributed by atoms with van der Waals surface area (Å²) in [6, 6.07) is 8.55. The number of imidazole rings is 1. The first-order valence-corrected chi connectivity index (χ1v) is 8.19. The largest absolute Gasteiger partial charge is 0.387 e. The SMILES string of the molecule is [O]C[C@H]1O[C@@H](n2cnc3c(NC(=O)c4ccccc4)ncnc32)[C@H](F)[C@@H]1O. The van der Waals surface area contributed by atoms with Crippen LogP contribution in [0, 0.1) is 0 Å². The first-order chi connectivity index (χ1) is 13.1. The molecule has 0 saturated carbocycles. The molecule has 1 saturated heterocycles. The molecule has 1 aromatic carbocycles. The van der Waals surface area contributed by atoms with Crippen LogP contribution in [0.5, 0.6) is 0 Å². The second-order valence-corrected chi connectivity index (χ2v) is 6.03. The number of carbonyl (C=O) groups is 1. The Balaban J connectivity index is 1.65. The Kier molecular flexibility index (Phi) is 4.52. The van der Waals surface area contributed by atoms with Crippen LogP contribution in [0.1, 0.15) is 16.6 Å². The van der Waals surface area contributed by atoms with E-state index in [4.69, 9.17) is 4.74 Å². The molecule has 1 radical (unpaired) electrons. The smallest absolute Gasteiger partial charge is 0.256 e. The number of aliphatic hydroxyl groups is 1. The van der Waals surface area contributed by atoms with Crippen molar-refractivity contribution in [2.45, 2.75) is 24.6 Å². The number of amides is 1. The zero-order chi connectivity index (χ0) is 19.0. The number of hydrogen-bond acceptors (Lipinski definition) is 6. The van der Waals surface area contributed by atoms with E-state index in [1.165, 1.54) is 17.2 Å². The van der Waals surface area contributed by atoms with Gasteiger partial charge in [-0.25, -0.2) is 24.4 Å². The highest BCUT2D eigenvalue weighted by atomic mass is 19.1. The number of hydrogen-bond donors (Lipinski definition) is 2. The first kappa shape index (κ1) is 17.5. The number of nitrogens with one attached hydrogen (secondary N) is 1. The molecule has 1 amide bonds. The third-order valence-corrected chi connectivity index (χ3v) is 4.36. The van der Waals surface area contributed by atoms with E-state index >= 15 is 0 Å². The number of ether oxygens (including phenoxy) is 1. The maximum atomic E-state index is 14.4. The maximum absolute atomic E-state index is 14.4. The summed E-state index contributed by atoms with van der Waals surface area (Å²) in [4.78, 5) is 24.6. The van der Waals surface area contributed by atoms with Crippen LogP contribution in [0.25, 0.3) is 11.2 Å². The molecule has 1 fully saturated rings. The van der Waals surface area contributed by atoms with Crippen LogP contribution in [0.15, 0.2) is 43.0 Å². The summed E-state index contributed by atoms with van der Waals surface area (Å²) in [5.74, 6) is -0.227. The lowest BCUT2D eigenvalue weighted by Crippen LogP contribution is -2.30. The molecule has 10 heteroatoms. The van der Waals surface area contributed by atoms with E-state index in [1.54, 1.807) is 30.3 Å². The predicted octanol–water partition coefficient (Wildman–Crippen LogP) is 1.11. The van der Waals surface area contributed by atoms with Crippen LogP contribution in [-0.2, 0) is 9.84 Å². The predicted molar refractivity (Wildman–Crippen MR) is 90.1 cm³/mol. The number of halogens is 1. The van der Waals surface area contributed by atoms with Gasteiger partial charge in [0.15, 0.2) is 29.4 Å². The minimum atomic E-state index is -1.81. The summed E-state index contributed by atoms with van der Waals surface area (Å²) in [5.41, 5.74) is 0.880. The summed E-state index contributed by atoms with van der Waals surface area (Å²) in [6.45, 7) is -0.766. The Morgan fingerprint density at radius 1 is 1.26 bits per heavy atom. The van der Waals surface area contributed by atoms with Gasteiger partial charge in [-0.05, 0) is 12.1 Å². The van der Waals surface area contributed by atoms with Crippen LogP contribution in [-0.4, -0.2) is 55.5 Å². The molecule has 0 bridgehead atoms. The summed E-state index contributed by atoms with van der Waals surface area (Å²) >= 11 is 0. The van der Waals surface area contributed by atoms with Crippen molar-refractivity contribution in [3.05, 3.63) is 48.5 Å². The highest BCUT2D eigenvalue weighted by Crippen LogP contribution is 2.34. The lowest BCUT2D eigenvalue weighted by molar-refractivity contribution is -0.0593. The Hall–Kier alpha value is -2.95. The fraction of sp³-hybridized carbons (Fsp3) is 0.294. The molecule has 1 aliphatic heterocycles. The van der Waals surface area contributed by atoms with Gasteiger partial charge < -0.3 is 15.2 Å². The van der Waals surface area contributed by atoms with Gasteiger partial charge in [-0.2, -0.15) is 0 Å². The van der Waals surface area contributed by atoms with Gasteiger partial charge in [-0.1, -0.05) is 18.2 Å². The van der Waals surface area contributed by atoms with Crippen molar-refractivity contribution in [2.75, 3.05) is 11.9 Å². The highest BCUT2D eigenvalue weighted by molar-refractivity contribution is 6.06. The average molecular weight is 372 g/mol. The maximum Gasteiger partial charge on any atom is 0.256 e. The van der Waals surface area contributed by atoms with Gasteiger partial charge in [0.05, 0.1) is 6.33 Å². The van der Waals surface area contributed by atoms with Gasteiger partial charge in [0.1, 0.15) is 25.1 Å². The van der Waals surface area contributed by atoms with E-state index in [1.807, 2.05) is 0 Å². The summed E-state index contributed by atoms with van der Waals surface area (Å²) in [5, 5.41) is 23.4. The van der Waals surface area contributed by atoms with Gasteiger partial charge in [0.2, 0.25) is 0 Å². The third-order valence-electron chi connectivity index (χ3n) is 4.36. The van der Waals surface area contributed by atoms with E-state index < -0.39 is 31.2 Å². The molecule has 2 aromatic heterocycles. The molecule has 0 unspecified atom stereocenters. The van der Waals surface area contributed by atoms with Crippen LogP contribution >= 0.6 is 0 Å². The summed E-state index contributed by atoms with van der Waals surface area (Å²) in [7, 11) is 0. The molecule has 2 N–H and O–H groups in total. The van der Waals surface area contributed by atoms with Gasteiger partial charge in [0.25, 0.3) is 5.91 Å². The quantitative estimate of drug-likeness (QED) is 0.707. The van der Waals surface area contributed by atoms with Crippen molar-refractivity contribution in [1.29, 1.82) is 0 Å². The number of benzene rings is 1. The number of aliphatic hydroxyl groups excluding tert-OH is 1. The van der Waals surface area contributed by atoms with Gasteiger partial charge in [-0.3, -0.25) is 9.36 Å². The monoisotopic (exact) mass is 372 g/mol. The molecule has 3 aromatic rings. The van der Waals surface area contributed by atoms with E-state index in [0.29, 0.717) is 5.56 Å². The Bertz CT molecular complexity index is 966. The van der Waals surface area contributed by atoms with Crippen LogP contribution in [0.3, 0.4) is 0 Å². The standard InChI is InChI=1S/C17H15FN5O4/c18-11-13(25)10(6-24)27-17(11)23-8-21-12-14(19-7-20-15(12)23)22-16(26)9-4-2-1-3-5-9/h1-5,7-8,10-11,13,17,25H,6H2,(H,19,20,22,26)/t10-,11-,13-,17-/m1/s1. The van der Waals surface area contributed by atoms with Crippen molar-refractivity contribution in [1.82, 2.24) is 19.5 Å². The topological polar surface area (TPSA) is 122 Å².